The van der Waals surface area contributed by atoms with Crippen LogP contribution in [-0.2, 0) is 17.8 Å². The Bertz CT molecular complexity index is 1010. The maximum absolute atomic E-state index is 13.9. The number of hydrogen-bond donors (Lipinski definition) is 2. The van der Waals surface area contributed by atoms with Crippen molar-refractivity contribution in [1.29, 1.82) is 0 Å². The molecule has 3 rings (SSSR count). The van der Waals surface area contributed by atoms with Gasteiger partial charge in [0.1, 0.15) is 11.5 Å². The van der Waals surface area contributed by atoms with Crippen LogP contribution in [0.2, 0.25) is 5.02 Å². The van der Waals surface area contributed by atoms with E-state index in [1.165, 1.54) is 18.2 Å². The zero-order valence-electron chi connectivity index (χ0n) is 14.1. The van der Waals surface area contributed by atoms with Crippen molar-refractivity contribution in [3.63, 3.8) is 0 Å². The van der Waals surface area contributed by atoms with E-state index in [0.717, 1.165) is 5.69 Å². The molecule has 0 saturated heterocycles. The molecular weight excluding hydrogens is 373 g/mol. The van der Waals surface area contributed by atoms with Crippen LogP contribution in [0.3, 0.4) is 0 Å². The predicted octanol–water partition coefficient (Wildman–Crippen LogP) is 2.27. The fourth-order valence-electron chi connectivity index (χ4n) is 2.34. The zero-order chi connectivity index (χ0) is 19.2. The van der Waals surface area contributed by atoms with Gasteiger partial charge in [0.2, 0.25) is 5.91 Å². The Kier molecular flexibility index (Phi) is 5.87. The molecule has 0 aliphatic heterocycles. The summed E-state index contributed by atoms with van der Waals surface area (Å²) in [4.78, 5) is 30.6. The standard InChI is InChI=1S/C18H15ClFN5O2/c19-11-4-5-14(20)13(9-11)17-23-18(27)15(24-25-17)6-7-16(26)22-10-12-3-1-2-8-21-12/h1-5,8-9H,6-7,10H2,(H,22,26)(H,23,25,27). The summed E-state index contributed by atoms with van der Waals surface area (Å²) < 4.78 is 13.9. The number of nitrogens with one attached hydrogen (secondary N) is 2. The molecule has 0 saturated carbocycles. The zero-order valence-corrected chi connectivity index (χ0v) is 14.8. The van der Waals surface area contributed by atoms with Gasteiger partial charge in [0.15, 0.2) is 5.82 Å². The SMILES string of the molecule is O=C(CCc1nnc(-c2cc(Cl)ccc2F)[nH]c1=O)NCc1ccccn1. The number of amides is 1. The molecule has 0 radical (unpaired) electrons. The van der Waals surface area contributed by atoms with Gasteiger partial charge < -0.3 is 10.3 Å². The van der Waals surface area contributed by atoms with Crippen LogP contribution in [0, 0.1) is 5.82 Å². The highest BCUT2D eigenvalue weighted by Crippen LogP contribution is 2.22. The van der Waals surface area contributed by atoms with Gasteiger partial charge in [0.05, 0.1) is 17.8 Å². The number of aromatic amines is 1. The topological polar surface area (TPSA) is 101 Å². The summed E-state index contributed by atoms with van der Waals surface area (Å²) in [5.74, 6) is -0.846. The average molecular weight is 388 g/mol. The lowest BCUT2D eigenvalue weighted by atomic mass is 10.2. The van der Waals surface area contributed by atoms with E-state index in [1.807, 2.05) is 6.07 Å². The van der Waals surface area contributed by atoms with E-state index in [-0.39, 0.29) is 35.8 Å². The van der Waals surface area contributed by atoms with Gasteiger partial charge in [-0.2, -0.15) is 0 Å². The van der Waals surface area contributed by atoms with Gasteiger partial charge in [-0.1, -0.05) is 17.7 Å². The summed E-state index contributed by atoms with van der Waals surface area (Å²) in [6.45, 7) is 0.300. The highest BCUT2D eigenvalue weighted by Gasteiger charge is 2.12. The third-order valence-electron chi connectivity index (χ3n) is 3.73. The first kappa shape index (κ1) is 18.7. The van der Waals surface area contributed by atoms with Crippen LogP contribution in [0.1, 0.15) is 17.8 Å². The molecule has 0 aliphatic carbocycles. The first-order chi connectivity index (χ1) is 13.0. The molecule has 7 nitrogen and oxygen atoms in total. The third kappa shape index (κ3) is 4.95. The van der Waals surface area contributed by atoms with Crippen LogP contribution < -0.4 is 10.9 Å². The minimum Gasteiger partial charge on any atom is -0.350 e. The summed E-state index contributed by atoms with van der Waals surface area (Å²) in [6.07, 6.45) is 1.81. The molecule has 0 atom stereocenters. The molecule has 0 spiro atoms. The number of nitrogens with zero attached hydrogens (tertiary/aromatic N) is 3. The number of aromatic nitrogens is 4. The molecule has 0 unspecified atom stereocenters. The van der Waals surface area contributed by atoms with E-state index < -0.39 is 11.4 Å². The first-order valence-corrected chi connectivity index (χ1v) is 8.48. The monoisotopic (exact) mass is 387 g/mol. The van der Waals surface area contributed by atoms with E-state index in [1.54, 1.807) is 18.3 Å². The second-order valence-corrected chi connectivity index (χ2v) is 6.11. The van der Waals surface area contributed by atoms with E-state index >= 15 is 0 Å². The second kappa shape index (κ2) is 8.50. The summed E-state index contributed by atoms with van der Waals surface area (Å²) in [6, 6.07) is 9.33. The quantitative estimate of drug-likeness (QED) is 0.675. The maximum Gasteiger partial charge on any atom is 0.273 e. The Labute approximate surface area is 158 Å². The van der Waals surface area contributed by atoms with Gasteiger partial charge in [0, 0.05) is 24.1 Å². The van der Waals surface area contributed by atoms with Gasteiger partial charge in [-0.3, -0.25) is 14.6 Å². The Morgan fingerprint density at radius 2 is 2.07 bits per heavy atom. The number of carbonyl (C=O) groups excluding carboxylic acids is 1. The fraction of sp³-hybridized carbons (Fsp3) is 0.167. The molecule has 1 aromatic carbocycles. The normalized spacial score (nSPS) is 10.6. The Balaban J connectivity index is 1.62. The average Bonchev–Trinajstić information content (AvgIpc) is 2.68. The van der Waals surface area contributed by atoms with Gasteiger partial charge in [-0.15, -0.1) is 10.2 Å². The lowest BCUT2D eigenvalue weighted by molar-refractivity contribution is -0.121. The summed E-state index contributed by atoms with van der Waals surface area (Å²) in [5.41, 5.74) is 0.342. The van der Waals surface area contributed by atoms with Crippen molar-refractivity contribution in [3.8, 4) is 11.4 Å². The van der Waals surface area contributed by atoms with Crippen molar-refractivity contribution in [2.75, 3.05) is 0 Å². The van der Waals surface area contributed by atoms with Crippen molar-refractivity contribution < 1.29 is 9.18 Å². The van der Waals surface area contributed by atoms with Crippen molar-refractivity contribution in [1.82, 2.24) is 25.5 Å². The number of hydrogen-bond acceptors (Lipinski definition) is 5. The van der Waals surface area contributed by atoms with Crippen molar-refractivity contribution in [2.45, 2.75) is 19.4 Å². The lowest BCUT2D eigenvalue weighted by Gasteiger charge is -2.05. The molecule has 0 bridgehead atoms. The van der Waals surface area contributed by atoms with Gasteiger partial charge in [-0.25, -0.2) is 4.39 Å². The molecule has 2 N–H and O–H groups in total. The molecule has 9 heteroatoms. The van der Waals surface area contributed by atoms with Gasteiger partial charge >= 0.3 is 0 Å². The fourth-order valence-corrected chi connectivity index (χ4v) is 2.51. The van der Waals surface area contributed by atoms with Crippen LogP contribution in [0.25, 0.3) is 11.4 Å². The second-order valence-electron chi connectivity index (χ2n) is 5.67. The molecule has 0 aliphatic rings. The molecule has 1 amide bonds. The van der Waals surface area contributed by atoms with Crippen molar-refractivity contribution in [2.24, 2.45) is 0 Å². The molecule has 27 heavy (non-hydrogen) atoms. The number of H-pyrrole nitrogens is 1. The van der Waals surface area contributed by atoms with Crippen LogP contribution in [0.5, 0.6) is 0 Å². The molecular formula is C18H15ClFN5O2. The summed E-state index contributed by atoms with van der Waals surface area (Å²) >= 11 is 5.84. The third-order valence-corrected chi connectivity index (χ3v) is 3.97. The lowest BCUT2D eigenvalue weighted by Crippen LogP contribution is -2.25. The Morgan fingerprint density at radius 3 is 2.81 bits per heavy atom. The highest BCUT2D eigenvalue weighted by atomic mass is 35.5. The van der Waals surface area contributed by atoms with E-state index in [4.69, 9.17) is 11.6 Å². The molecule has 0 fully saturated rings. The van der Waals surface area contributed by atoms with Crippen molar-refractivity contribution >= 4 is 17.5 Å². The number of pyridine rings is 1. The van der Waals surface area contributed by atoms with Gasteiger partial charge in [0.25, 0.3) is 5.56 Å². The minimum absolute atomic E-state index is 0.0247. The number of rotatable bonds is 6. The Morgan fingerprint density at radius 1 is 1.22 bits per heavy atom. The van der Waals surface area contributed by atoms with Crippen LogP contribution in [-0.4, -0.2) is 26.1 Å². The van der Waals surface area contributed by atoms with Crippen LogP contribution in [0.4, 0.5) is 4.39 Å². The summed E-state index contributed by atoms with van der Waals surface area (Å²) in [7, 11) is 0. The van der Waals surface area contributed by atoms with Gasteiger partial charge in [-0.05, 0) is 30.3 Å². The molecule has 2 aromatic heterocycles. The number of benzene rings is 1. The predicted molar refractivity (Wildman–Crippen MR) is 97.5 cm³/mol. The highest BCUT2D eigenvalue weighted by molar-refractivity contribution is 6.30. The Hall–Kier alpha value is -3.13. The summed E-state index contributed by atoms with van der Waals surface area (Å²) in [5, 5.41) is 10.7. The number of halogens is 2. The molecule has 138 valence electrons. The van der Waals surface area contributed by atoms with Crippen molar-refractivity contribution in [3.05, 3.63) is 75.2 Å². The van der Waals surface area contributed by atoms with E-state index in [9.17, 15) is 14.0 Å². The van der Waals surface area contributed by atoms with E-state index in [0.29, 0.717) is 11.6 Å². The van der Waals surface area contributed by atoms with Crippen LogP contribution >= 0.6 is 11.6 Å². The van der Waals surface area contributed by atoms with Crippen LogP contribution in [0.15, 0.2) is 47.4 Å². The number of carbonyl (C=O) groups is 1. The maximum atomic E-state index is 13.9. The number of aryl methyl sites for hydroxylation is 1. The molecule has 2 heterocycles. The van der Waals surface area contributed by atoms with E-state index in [2.05, 4.69) is 25.5 Å². The smallest absolute Gasteiger partial charge is 0.273 e. The molecule has 3 aromatic rings. The minimum atomic E-state index is -0.578. The first-order valence-electron chi connectivity index (χ1n) is 8.11. The largest absolute Gasteiger partial charge is 0.350 e.